The van der Waals surface area contributed by atoms with Crippen LogP contribution in [0.25, 0.3) is 0 Å². The van der Waals surface area contributed by atoms with Crippen LogP contribution in [0.5, 0.6) is 0 Å². The maximum absolute atomic E-state index is 12.7. The molecule has 2 saturated heterocycles. The number of hydrogen-bond donors (Lipinski definition) is 1. The summed E-state index contributed by atoms with van der Waals surface area (Å²) >= 11 is 3.46. The number of carbonyl (C=O) groups excluding carboxylic acids is 2. The molecular weight excluding hydrogens is 436 g/mol. The number of ether oxygens (including phenoxy) is 1. The summed E-state index contributed by atoms with van der Waals surface area (Å²) < 4.78 is 5.74. The molecule has 2 heterocycles. The van der Waals surface area contributed by atoms with Crippen molar-refractivity contribution < 1.29 is 19.4 Å². The molecule has 0 bridgehead atoms. The fourth-order valence-electron chi connectivity index (χ4n) is 4.49. The van der Waals surface area contributed by atoms with Gasteiger partial charge in [-0.25, -0.2) is 4.79 Å². The van der Waals surface area contributed by atoms with E-state index in [-0.39, 0.29) is 36.5 Å². The van der Waals surface area contributed by atoms with E-state index in [0.717, 1.165) is 22.1 Å². The van der Waals surface area contributed by atoms with Crippen molar-refractivity contribution in [2.75, 3.05) is 26.8 Å². The van der Waals surface area contributed by atoms with Crippen LogP contribution in [0.2, 0.25) is 0 Å². The lowest BCUT2D eigenvalue weighted by molar-refractivity contribution is -0.162. The van der Waals surface area contributed by atoms with Gasteiger partial charge in [-0.15, -0.1) is 0 Å². The van der Waals surface area contributed by atoms with Crippen molar-refractivity contribution in [3.8, 4) is 0 Å². The molecule has 0 aliphatic carbocycles. The van der Waals surface area contributed by atoms with Crippen molar-refractivity contribution >= 4 is 27.8 Å². The van der Waals surface area contributed by atoms with Crippen molar-refractivity contribution in [2.24, 2.45) is 0 Å². The third kappa shape index (κ3) is 3.82. The zero-order valence-corrected chi connectivity index (χ0v) is 17.7. The molecule has 1 amide bonds. The van der Waals surface area contributed by atoms with Gasteiger partial charge in [0.25, 0.3) is 0 Å². The summed E-state index contributed by atoms with van der Waals surface area (Å²) in [6.45, 7) is 1.69. The maximum atomic E-state index is 12.7. The molecular formula is C22H23BrN2O4. The molecule has 2 aromatic rings. The van der Waals surface area contributed by atoms with Gasteiger partial charge in [0.1, 0.15) is 0 Å². The molecule has 152 valence electrons. The fraction of sp³-hybridized carbons (Fsp3) is 0.364. The van der Waals surface area contributed by atoms with Gasteiger partial charge in [0, 0.05) is 23.5 Å². The van der Waals surface area contributed by atoms with Crippen LogP contribution in [0.3, 0.4) is 0 Å². The van der Waals surface area contributed by atoms with Crippen LogP contribution in [0.1, 0.15) is 27.4 Å². The Morgan fingerprint density at radius 3 is 2.48 bits per heavy atom. The molecule has 2 fully saturated rings. The van der Waals surface area contributed by atoms with Crippen LogP contribution in [-0.2, 0) is 16.1 Å². The first-order valence-corrected chi connectivity index (χ1v) is 10.4. The van der Waals surface area contributed by atoms with Crippen LogP contribution in [0, 0.1) is 0 Å². The first-order valence-electron chi connectivity index (χ1n) is 9.59. The van der Waals surface area contributed by atoms with E-state index in [0.29, 0.717) is 18.7 Å². The minimum atomic E-state index is -0.359. The normalized spacial score (nSPS) is 24.0. The number of piperazine rings is 1. The Bertz CT molecular complexity index is 900. The topological polar surface area (TPSA) is 70.1 Å². The number of hydrogen-bond acceptors (Lipinski definition) is 5. The minimum absolute atomic E-state index is 0.0298. The van der Waals surface area contributed by atoms with E-state index >= 15 is 0 Å². The van der Waals surface area contributed by atoms with Gasteiger partial charge in [-0.2, -0.15) is 0 Å². The Morgan fingerprint density at radius 2 is 1.86 bits per heavy atom. The summed E-state index contributed by atoms with van der Waals surface area (Å²) in [5, 5.41) is 9.87. The molecule has 29 heavy (non-hydrogen) atoms. The van der Waals surface area contributed by atoms with Crippen LogP contribution >= 0.6 is 15.9 Å². The minimum Gasteiger partial charge on any atom is -0.465 e. The second-order valence-corrected chi connectivity index (χ2v) is 8.47. The summed E-state index contributed by atoms with van der Waals surface area (Å²) in [6, 6.07) is 15.3. The molecule has 0 aromatic heterocycles. The number of rotatable bonds is 5. The smallest absolute Gasteiger partial charge is 0.337 e. The highest BCUT2D eigenvalue weighted by molar-refractivity contribution is 9.10. The largest absolute Gasteiger partial charge is 0.465 e. The Labute approximate surface area is 178 Å². The highest BCUT2D eigenvalue weighted by Crippen LogP contribution is 2.43. The van der Waals surface area contributed by atoms with Gasteiger partial charge < -0.3 is 14.7 Å². The summed E-state index contributed by atoms with van der Waals surface area (Å²) in [5.74, 6) is -0.177. The predicted octanol–water partition coefficient (Wildman–Crippen LogP) is 2.41. The van der Waals surface area contributed by atoms with Crippen LogP contribution in [0.15, 0.2) is 53.0 Å². The number of methoxy groups -OCH3 is 1. The first kappa shape index (κ1) is 20.1. The molecule has 3 atom stereocenters. The first-order chi connectivity index (χ1) is 14.0. The van der Waals surface area contributed by atoms with Crippen LogP contribution in [-0.4, -0.2) is 65.7 Å². The van der Waals surface area contributed by atoms with Crippen molar-refractivity contribution in [3.05, 3.63) is 69.7 Å². The molecule has 1 N–H and O–H groups in total. The molecule has 2 aliphatic heterocycles. The second kappa shape index (κ2) is 8.26. The molecule has 6 nitrogen and oxygen atoms in total. The number of benzene rings is 2. The van der Waals surface area contributed by atoms with E-state index < -0.39 is 0 Å². The number of aliphatic hydroxyl groups is 1. The Hall–Kier alpha value is -2.22. The van der Waals surface area contributed by atoms with Crippen LogP contribution in [0.4, 0.5) is 0 Å². The molecule has 0 saturated carbocycles. The van der Waals surface area contributed by atoms with Crippen molar-refractivity contribution in [1.29, 1.82) is 0 Å². The number of amides is 1. The summed E-state index contributed by atoms with van der Waals surface area (Å²) in [4.78, 5) is 28.3. The maximum Gasteiger partial charge on any atom is 0.337 e. The molecule has 2 aromatic carbocycles. The molecule has 0 radical (unpaired) electrons. The Morgan fingerprint density at radius 1 is 1.17 bits per heavy atom. The number of carbonyl (C=O) groups is 2. The van der Waals surface area contributed by atoms with Crippen LogP contribution < -0.4 is 0 Å². The lowest BCUT2D eigenvalue weighted by Crippen LogP contribution is -2.72. The molecule has 0 spiro atoms. The monoisotopic (exact) mass is 458 g/mol. The van der Waals surface area contributed by atoms with E-state index in [1.54, 1.807) is 12.1 Å². The number of halogens is 1. The fourth-order valence-corrected chi connectivity index (χ4v) is 4.76. The third-order valence-electron chi connectivity index (χ3n) is 5.86. The number of fused-ring (bicyclic) bond motifs is 1. The molecule has 2 aliphatic rings. The number of esters is 1. The number of aliphatic hydroxyl groups excluding tert-OH is 1. The van der Waals surface area contributed by atoms with Gasteiger partial charge in [-0.1, -0.05) is 40.2 Å². The highest BCUT2D eigenvalue weighted by atomic mass is 79.9. The van der Waals surface area contributed by atoms with Gasteiger partial charge in [0.05, 0.1) is 37.9 Å². The van der Waals surface area contributed by atoms with E-state index in [9.17, 15) is 14.7 Å². The lowest BCUT2D eigenvalue weighted by atomic mass is 9.74. The third-order valence-corrected chi connectivity index (χ3v) is 6.39. The standard InChI is InChI=1S/C22H23BrN2O4/c1-29-22(28)16-4-2-14(3-5-16)10-24-11-18-21(15-6-8-17(23)9-7-15)19(13-26)25(18)20(27)12-24/h2-9,18-19,21,26H,10-13H2,1H3/t18-,19+,21+/m0/s1. The molecule has 0 unspecified atom stereocenters. The van der Waals surface area contributed by atoms with E-state index in [1.807, 2.05) is 29.2 Å². The van der Waals surface area contributed by atoms with E-state index in [2.05, 4.69) is 33.0 Å². The van der Waals surface area contributed by atoms with Gasteiger partial charge in [-0.3, -0.25) is 9.69 Å². The predicted molar refractivity (Wildman–Crippen MR) is 111 cm³/mol. The van der Waals surface area contributed by atoms with Crippen molar-refractivity contribution in [2.45, 2.75) is 24.5 Å². The summed E-state index contributed by atoms with van der Waals surface area (Å²) in [5.41, 5.74) is 2.69. The van der Waals surface area contributed by atoms with Gasteiger partial charge in [0.2, 0.25) is 5.91 Å². The average Bonchev–Trinajstić information content (AvgIpc) is 2.71. The summed E-state index contributed by atoms with van der Waals surface area (Å²) in [6.07, 6.45) is 0. The quantitative estimate of drug-likeness (QED) is 0.696. The van der Waals surface area contributed by atoms with Gasteiger partial charge in [-0.05, 0) is 35.4 Å². The van der Waals surface area contributed by atoms with Gasteiger partial charge >= 0.3 is 5.97 Å². The van der Waals surface area contributed by atoms with E-state index in [1.165, 1.54) is 7.11 Å². The van der Waals surface area contributed by atoms with Crippen molar-refractivity contribution in [3.63, 3.8) is 0 Å². The summed E-state index contributed by atoms with van der Waals surface area (Å²) in [7, 11) is 1.36. The SMILES string of the molecule is COC(=O)c1ccc(CN2CC(=O)N3[C@H](CO)[C@H](c4ccc(Br)cc4)[C@@H]3C2)cc1. The molecule has 7 heteroatoms. The average molecular weight is 459 g/mol. The molecule has 4 rings (SSSR count). The lowest BCUT2D eigenvalue weighted by Gasteiger charge is -2.59. The zero-order valence-electron chi connectivity index (χ0n) is 16.1. The Kier molecular flexibility index (Phi) is 5.72. The second-order valence-electron chi connectivity index (χ2n) is 7.55. The van der Waals surface area contributed by atoms with Gasteiger partial charge in [0.15, 0.2) is 0 Å². The zero-order chi connectivity index (χ0) is 20.5. The van der Waals surface area contributed by atoms with Crippen molar-refractivity contribution in [1.82, 2.24) is 9.80 Å². The number of nitrogens with zero attached hydrogens (tertiary/aromatic N) is 2. The Balaban J connectivity index is 1.49. The van der Waals surface area contributed by atoms with E-state index in [4.69, 9.17) is 4.74 Å². The highest BCUT2D eigenvalue weighted by Gasteiger charge is 2.53.